The van der Waals surface area contributed by atoms with Crippen molar-refractivity contribution in [2.75, 3.05) is 0 Å². The maximum absolute atomic E-state index is 9.44. The first kappa shape index (κ1) is 16.8. The second kappa shape index (κ2) is 6.93. The Morgan fingerprint density at radius 1 is 1.19 bits per heavy atom. The van der Waals surface area contributed by atoms with Crippen molar-refractivity contribution in [3.63, 3.8) is 0 Å². The zero-order valence-electron chi connectivity index (χ0n) is 15.0. The fourth-order valence-corrected chi connectivity index (χ4v) is 4.45. The van der Waals surface area contributed by atoms with E-state index in [1.54, 1.807) is 11.3 Å². The molecule has 3 aromatic rings. The number of rotatable bonds is 4. The predicted molar refractivity (Wildman–Crippen MR) is 105 cm³/mol. The van der Waals surface area contributed by atoms with Gasteiger partial charge in [0, 0.05) is 11.8 Å². The van der Waals surface area contributed by atoms with Gasteiger partial charge >= 0.3 is 0 Å². The monoisotopic (exact) mass is 360 g/mol. The lowest BCUT2D eigenvalue weighted by Gasteiger charge is -2.11. The molecule has 0 aliphatic heterocycles. The van der Waals surface area contributed by atoms with Gasteiger partial charge in [0.05, 0.1) is 16.5 Å². The summed E-state index contributed by atoms with van der Waals surface area (Å²) in [7, 11) is 0. The summed E-state index contributed by atoms with van der Waals surface area (Å²) in [6.45, 7) is 3.92. The lowest BCUT2D eigenvalue weighted by molar-refractivity contribution is 0.242. The Hall–Kier alpha value is -2.64. The topological polar surface area (TPSA) is 45.9 Å². The van der Waals surface area contributed by atoms with Crippen molar-refractivity contribution in [1.82, 2.24) is 4.98 Å². The quantitative estimate of drug-likeness (QED) is 0.606. The van der Waals surface area contributed by atoms with Gasteiger partial charge in [0.2, 0.25) is 0 Å². The zero-order valence-corrected chi connectivity index (χ0v) is 15.8. The van der Waals surface area contributed by atoms with Gasteiger partial charge in [0.1, 0.15) is 16.8 Å². The number of ether oxygens (including phenoxy) is 1. The van der Waals surface area contributed by atoms with E-state index in [-0.39, 0.29) is 6.10 Å². The van der Waals surface area contributed by atoms with Crippen LogP contribution in [0.2, 0.25) is 0 Å². The summed E-state index contributed by atoms with van der Waals surface area (Å²) in [5.74, 6) is 0.629. The molecule has 0 amide bonds. The second-order valence-electron chi connectivity index (χ2n) is 6.82. The largest absolute Gasteiger partial charge is 0.490 e. The second-order valence-corrected chi connectivity index (χ2v) is 7.85. The van der Waals surface area contributed by atoms with E-state index in [4.69, 9.17) is 4.74 Å². The number of benzene rings is 2. The average molecular weight is 360 g/mol. The van der Waals surface area contributed by atoms with Crippen molar-refractivity contribution in [3.05, 3.63) is 59.3 Å². The molecule has 2 aromatic carbocycles. The molecule has 1 aliphatic carbocycles. The van der Waals surface area contributed by atoms with Crippen molar-refractivity contribution in [2.45, 2.75) is 39.2 Å². The van der Waals surface area contributed by atoms with Gasteiger partial charge in [-0.2, -0.15) is 5.26 Å². The molecular formula is C22H20N2OS. The lowest BCUT2D eigenvalue weighted by atomic mass is 10.0. The molecule has 0 saturated carbocycles. The fourth-order valence-electron chi connectivity index (χ4n) is 3.49. The van der Waals surface area contributed by atoms with Crippen LogP contribution in [-0.2, 0) is 12.8 Å². The summed E-state index contributed by atoms with van der Waals surface area (Å²) < 4.78 is 5.71. The van der Waals surface area contributed by atoms with Gasteiger partial charge in [-0.25, -0.2) is 4.98 Å². The van der Waals surface area contributed by atoms with Crippen molar-refractivity contribution in [2.24, 2.45) is 0 Å². The van der Waals surface area contributed by atoms with Gasteiger partial charge in [-0.3, -0.25) is 0 Å². The highest BCUT2D eigenvalue weighted by Gasteiger charge is 2.17. The van der Waals surface area contributed by atoms with E-state index >= 15 is 0 Å². The Kier molecular flexibility index (Phi) is 4.48. The van der Waals surface area contributed by atoms with Crippen molar-refractivity contribution < 1.29 is 4.74 Å². The van der Waals surface area contributed by atoms with Gasteiger partial charge in [-0.05, 0) is 68.0 Å². The van der Waals surface area contributed by atoms with Crippen LogP contribution in [0.3, 0.4) is 0 Å². The molecule has 0 N–H and O–H groups in total. The molecular weight excluding hydrogens is 340 g/mol. The van der Waals surface area contributed by atoms with Crippen LogP contribution in [0, 0.1) is 11.3 Å². The molecule has 4 rings (SSSR count). The molecule has 0 saturated heterocycles. The summed E-state index contributed by atoms with van der Waals surface area (Å²) in [6, 6.07) is 14.5. The summed E-state index contributed by atoms with van der Waals surface area (Å²) >= 11 is 1.68. The molecule has 0 bridgehead atoms. The van der Waals surface area contributed by atoms with E-state index in [1.807, 2.05) is 38.2 Å². The molecule has 0 atom stereocenters. The van der Waals surface area contributed by atoms with Gasteiger partial charge in [0.25, 0.3) is 0 Å². The number of thiazole rings is 1. The minimum atomic E-state index is 0.0413. The number of hydrogen-bond acceptors (Lipinski definition) is 4. The Morgan fingerprint density at radius 3 is 2.88 bits per heavy atom. The number of aryl methyl sites for hydroxylation is 1. The highest BCUT2D eigenvalue weighted by Crippen LogP contribution is 2.38. The third-order valence-corrected chi connectivity index (χ3v) is 5.71. The Morgan fingerprint density at radius 2 is 2.08 bits per heavy atom. The standard InChI is InChI=1S/C22H20N2OS/c1-14(2)25-20-10-9-16(11-17(20)12-23)22-24-13-21(26-22)19-8-4-6-15-5-3-7-18(15)19/h4,6,8-11,13-14H,3,5,7H2,1-2H3. The Labute approximate surface area is 157 Å². The molecule has 0 spiro atoms. The zero-order chi connectivity index (χ0) is 18.1. The minimum absolute atomic E-state index is 0.0413. The van der Waals surface area contributed by atoms with Gasteiger partial charge < -0.3 is 4.74 Å². The normalized spacial score (nSPS) is 12.8. The SMILES string of the molecule is CC(C)Oc1ccc(-c2ncc(-c3cccc4c3CCC4)s2)cc1C#N. The summed E-state index contributed by atoms with van der Waals surface area (Å²) in [5.41, 5.74) is 5.76. The van der Waals surface area contributed by atoms with Crippen LogP contribution < -0.4 is 4.74 Å². The van der Waals surface area contributed by atoms with Gasteiger partial charge in [0.15, 0.2) is 0 Å². The Bertz CT molecular complexity index is 998. The van der Waals surface area contributed by atoms with Gasteiger partial charge in [-0.15, -0.1) is 11.3 Å². The fraction of sp³-hybridized carbons (Fsp3) is 0.273. The van der Waals surface area contributed by atoms with E-state index in [1.165, 1.54) is 34.4 Å². The number of aromatic nitrogens is 1. The van der Waals surface area contributed by atoms with Gasteiger partial charge in [-0.1, -0.05) is 18.2 Å². The molecule has 26 heavy (non-hydrogen) atoms. The number of nitrogens with zero attached hydrogens (tertiary/aromatic N) is 2. The third kappa shape index (κ3) is 3.11. The van der Waals surface area contributed by atoms with Crippen molar-refractivity contribution >= 4 is 11.3 Å². The molecule has 1 aromatic heterocycles. The maximum Gasteiger partial charge on any atom is 0.137 e. The number of nitriles is 1. The molecule has 0 radical (unpaired) electrons. The summed E-state index contributed by atoms with van der Waals surface area (Å²) in [6.07, 6.45) is 5.56. The summed E-state index contributed by atoms with van der Waals surface area (Å²) in [4.78, 5) is 5.82. The van der Waals surface area contributed by atoms with E-state index < -0.39 is 0 Å². The molecule has 4 heteroatoms. The number of fused-ring (bicyclic) bond motifs is 1. The smallest absolute Gasteiger partial charge is 0.137 e. The van der Waals surface area contributed by atoms with E-state index in [0.29, 0.717) is 11.3 Å². The van der Waals surface area contributed by atoms with Crippen molar-refractivity contribution in [1.29, 1.82) is 5.26 Å². The van der Waals surface area contributed by atoms with Crippen LogP contribution in [-0.4, -0.2) is 11.1 Å². The Balaban J connectivity index is 1.69. The van der Waals surface area contributed by atoms with Crippen LogP contribution in [0.1, 0.15) is 37.0 Å². The van der Waals surface area contributed by atoms with E-state index in [0.717, 1.165) is 17.0 Å². The molecule has 1 aliphatic rings. The van der Waals surface area contributed by atoms with Crippen LogP contribution >= 0.6 is 11.3 Å². The molecule has 0 unspecified atom stereocenters. The highest BCUT2D eigenvalue weighted by molar-refractivity contribution is 7.18. The van der Waals surface area contributed by atoms with Crippen LogP contribution in [0.4, 0.5) is 0 Å². The highest BCUT2D eigenvalue weighted by atomic mass is 32.1. The molecule has 130 valence electrons. The van der Waals surface area contributed by atoms with E-state index in [2.05, 4.69) is 29.3 Å². The molecule has 1 heterocycles. The minimum Gasteiger partial charge on any atom is -0.490 e. The molecule has 3 nitrogen and oxygen atoms in total. The van der Waals surface area contributed by atoms with Crippen LogP contribution in [0.15, 0.2) is 42.6 Å². The molecule has 0 fully saturated rings. The van der Waals surface area contributed by atoms with Crippen LogP contribution in [0.25, 0.3) is 21.0 Å². The average Bonchev–Trinajstić information content (AvgIpc) is 3.30. The third-order valence-electron chi connectivity index (χ3n) is 4.63. The van der Waals surface area contributed by atoms with E-state index in [9.17, 15) is 5.26 Å². The van der Waals surface area contributed by atoms with Crippen LogP contribution in [0.5, 0.6) is 5.75 Å². The predicted octanol–water partition coefficient (Wildman–Crippen LogP) is 5.62. The first-order valence-corrected chi connectivity index (χ1v) is 9.75. The van der Waals surface area contributed by atoms with Crippen molar-refractivity contribution in [3.8, 4) is 32.8 Å². The lowest BCUT2D eigenvalue weighted by Crippen LogP contribution is -2.06. The summed E-state index contributed by atoms with van der Waals surface area (Å²) in [5, 5.41) is 10.4. The maximum atomic E-state index is 9.44. The number of hydrogen-bond donors (Lipinski definition) is 0. The first-order valence-electron chi connectivity index (χ1n) is 8.94. The first-order chi connectivity index (χ1) is 12.7.